The molecule has 0 saturated carbocycles. The molecule has 116 valence electrons. The Bertz CT molecular complexity index is 672. The van der Waals surface area contributed by atoms with Crippen molar-refractivity contribution in [3.63, 3.8) is 0 Å². The van der Waals surface area contributed by atoms with Crippen molar-refractivity contribution in [3.8, 4) is 6.19 Å². The van der Waals surface area contributed by atoms with Gasteiger partial charge in [0.15, 0.2) is 17.0 Å². The third kappa shape index (κ3) is 4.34. The van der Waals surface area contributed by atoms with E-state index in [-0.39, 0.29) is 28.0 Å². The second-order valence-corrected chi connectivity index (χ2v) is 4.86. The van der Waals surface area contributed by atoms with Crippen LogP contribution in [-0.4, -0.2) is 28.9 Å². The van der Waals surface area contributed by atoms with Gasteiger partial charge in [0.05, 0.1) is 22.1 Å². The Hall–Kier alpha value is -2.31. The number of nitriles is 1. The summed E-state index contributed by atoms with van der Waals surface area (Å²) < 4.78 is 4.78. The van der Waals surface area contributed by atoms with Gasteiger partial charge in [0.25, 0.3) is 5.69 Å². The number of carbonyl (C=O) groups excluding carboxylic acids is 1. The van der Waals surface area contributed by atoms with Gasteiger partial charge < -0.3 is 4.74 Å². The fourth-order valence-electron chi connectivity index (χ4n) is 1.44. The number of amidine groups is 1. The molecule has 8 nitrogen and oxygen atoms in total. The molecule has 0 amide bonds. The molecule has 1 N–H and O–H groups in total. The van der Waals surface area contributed by atoms with Gasteiger partial charge in [0.2, 0.25) is 0 Å². The van der Waals surface area contributed by atoms with Crippen molar-refractivity contribution in [2.75, 3.05) is 12.9 Å². The van der Waals surface area contributed by atoms with Crippen LogP contribution < -0.4 is 5.32 Å². The third-order valence-electron chi connectivity index (χ3n) is 2.32. The van der Waals surface area contributed by atoms with Gasteiger partial charge in [0, 0.05) is 6.07 Å². The Kier molecular flexibility index (Phi) is 6.62. The van der Waals surface area contributed by atoms with E-state index >= 15 is 0 Å². The molecule has 1 aromatic rings. The lowest BCUT2D eigenvalue weighted by Gasteiger charge is -2.06. The molecule has 0 aromatic heterocycles. The van der Waals surface area contributed by atoms with Crippen molar-refractivity contribution < 1.29 is 14.5 Å². The van der Waals surface area contributed by atoms with Crippen molar-refractivity contribution in [2.45, 2.75) is 6.92 Å². The predicted octanol–water partition coefficient (Wildman–Crippen LogP) is 2.85. The van der Waals surface area contributed by atoms with Crippen molar-refractivity contribution in [3.05, 3.63) is 32.8 Å². The zero-order valence-corrected chi connectivity index (χ0v) is 13.2. The number of nitro benzene ring substituents is 1. The number of aliphatic imine (C=N–C) groups is 1. The van der Waals surface area contributed by atoms with E-state index in [0.29, 0.717) is 0 Å². The van der Waals surface area contributed by atoms with Gasteiger partial charge in [-0.15, -0.1) is 0 Å². The SMILES string of the molecule is CCOC(=O)c1cc(Cl)c(N=C(NC#N)SC)c([N+](=O)[O-])c1. The highest BCUT2D eigenvalue weighted by atomic mass is 35.5. The van der Waals surface area contributed by atoms with Gasteiger partial charge in [-0.3, -0.25) is 15.4 Å². The minimum Gasteiger partial charge on any atom is -0.462 e. The highest BCUT2D eigenvalue weighted by molar-refractivity contribution is 8.13. The van der Waals surface area contributed by atoms with E-state index in [1.54, 1.807) is 19.4 Å². The van der Waals surface area contributed by atoms with Crippen LogP contribution in [0.3, 0.4) is 0 Å². The Labute approximate surface area is 135 Å². The number of benzene rings is 1. The van der Waals surface area contributed by atoms with Crippen LogP contribution in [0.1, 0.15) is 17.3 Å². The number of nitro groups is 1. The molecule has 0 atom stereocenters. The van der Waals surface area contributed by atoms with Gasteiger partial charge in [-0.05, 0) is 19.2 Å². The number of hydrogen-bond donors (Lipinski definition) is 1. The third-order valence-corrected chi connectivity index (χ3v) is 3.19. The average Bonchev–Trinajstić information content (AvgIpc) is 2.47. The van der Waals surface area contributed by atoms with Crippen LogP contribution in [0.4, 0.5) is 11.4 Å². The lowest BCUT2D eigenvalue weighted by molar-refractivity contribution is -0.384. The van der Waals surface area contributed by atoms with E-state index in [1.165, 1.54) is 6.07 Å². The number of esters is 1. The van der Waals surface area contributed by atoms with E-state index in [0.717, 1.165) is 17.8 Å². The first-order chi connectivity index (χ1) is 10.4. The molecule has 0 aliphatic carbocycles. The maximum atomic E-state index is 11.7. The van der Waals surface area contributed by atoms with Crippen molar-refractivity contribution in [1.29, 1.82) is 5.26 Å². The molecule has 0 heterocycles. The molecule has 0 bridgehead atoms. The van der Waals surface area contributed by atoms with Crippen LogP contribution in [0.25, 0.3) is 0 Å². The lowest BCUT2D eigenvalue weighted by atomic mass is 10.1. The van der Waals surface area contributed by atoms with Gasteiger partial charge in [-0.1, -0.05) is 23.4 Å². The Morgan fingerprint density at radius 2 is 2.32 bits per heavy atom. The lowest BCUT2D eigenvalue weighted by Crippen LogP contribution is -2.12. The second-order valence-electron chi connectivity index (χ2n) is 3.66. The summed E-state index contributed by atoms with van der Waals surface area (Å²) in [5.74, 6) is -0.719. The molecular formula is C12H11ClN4O4S. The van der Waals surface area contributed by atoms with Crippen LogP contribution in [0.5, 0.6) is 0 Å². The van der Waals surface area contributed by atoms with E-state index in [1.807, 2.05) is 0 Å². The van der Waals surface area contributed by atoms with Gasteiger partial charge >= 0.3 is 5.97 Å². The van der Waals surface area contributed by atoms with E-state index in [4.69, 9.17) is 21.6 Å². The molecule has 22 heavy (non-hydrogen) atoms. The summed E-state index contributed by atoms with van der Waals surface area (Å²) in [5, 5.41) is 22.1. The first kappa shape index (κ1) is 17.7. The normalized spacial score (nSPS) is 10.7. The molecule has 1 aromatic carbocycles. The highest BCUT2D eigenvalue weighted by Gasteiger charge is 2.22. The summed E-state index contributed by atoms with van der Waals surface area (Å²) in [4.78, 5) is 26.1. The summed E-state index contributed by atoms with van der Waals surface area (Å²) >= 11 is 7.07. The maximum absolute atomic E-state index is 11.7. The van der Waals surface area contributed by atoms with Crippen molar-refractivity contribution >= 4 is 45.9 Å². The molecule has 0 unspecified atom stereocenters. The zero-order valence-electron chi connectivity index (χ0n) is 11.6. The summed E-state index contributed by atoms with van der Waals surface area (Å²) in [5.41, 5.74) is -0.648. The van der Waals surface area contributed by atoms with Gasteiger partial charge in [-0.25, -0.2) is 9.79 Å². The molecule has 0 saturated heterocycles. The fraction of sp³-hybridized carbons (Fsp3) is 0.250. The van der Waals surface area contributed by atoms with E-state index < -0.39 is 16.6 Å². The molecule has 0 aliphatic rings. The molecule has 0 radical (unpaired) electrons. The minimum atomic E-state index is -0.719. The Morgan fingerprint density at radius 3 is 2.82 bits per heavy atom. The summed E-state index contributed by atoms with van der Waals surface area (Å²) in [6.45, 7) is 1.75. The monoisotopic (exact) mass is 342 g/mol. The average molecular weight is 343 g/mol. The molecule has 0 spiro atoms. The molecule has 1 rings (SSSR count). The van der Waals surface area contributed by atoms with Crippen LogP contribution in [0.2, 0.25) is 5.02 Å². The van der Waals surface area contributed by atoms with Gasteiger partial charge in [0.1, 0.15) is 0 Å². The Balaban J connectivity index is 3.43. The Morgan fingerprint density at radius 1 is 1.64 bits per heavy atom. The smallest absolute Gasteiger partial charge is 0.338 e. The fourth-order valence-corrected chi connectivity index (χ4v) is 2.03. The molecule has 0 fully saturated rings. The number of thioether (sulfide) groups is 1. The van der Waals surface area contributed by atoms with Crippen LogP contribution in [-0.2, 0) is 4.74 Å². The number of nitrogens with one attached hydrogen (secondary N) is 1. The van der Waals surface area contributed by atoms with Gasteiger partial charge in [-0.2, -0.15) is 5.26 Å². The number of nitrogens with zero attached hydrogens (tertiary/aromatic N) is 3. The summed E-state index contributed by atoms with van der Waals surface area (Å²) in [6, 6.07) is 2.27. The quantitative estimate of drug-likeness (QED) is 0.170. The number of ether oxygens (including phenoxy) is 1. The number of hydrogen-bond acceptors (Lipinski definition) is 7. The van der Waals surface area contributed by atoms with E-state index in [2.05, 4.69) is 10.3 Å². The molecule has 0 aliphatic heterocycles. The van der Waals surface area contributed by atoms with E-state index in [9.17, 15) is 14.9 Å². The van der Waals surface area contributed by atoms with Crippen LogP contribution >= 0.6 is 23.4 Å². The molecule has 10 heteroatoms. The van der Waals surface area contributed by atoms with Crippen molar-refractivity contribution in [2.24, 2.45) is 4.99 Å². The number of carbonyl (C=O) groups is 1. The second kappa shape index (κ2) is 8.21. The maximum Gasteiger partial charge on any atom is 0.338 e. The predicted molar refractivity (Wildman–Crippen MR) is 83.4 cm³/mol. The van der Waals surface area contributed by atoms with Crippen LogP contribution in [0, 0.1) is 21.6 Å². The highest BCUT2D eigenvalue weighted by Crippen LogP contribution is 2.37. The summed E-state index contributed by atoms with van der Waals surface area (Å²) in [6.07, 6.45) is 3.30. The van der Waals surface area contributed by atoms with Crippen molar-refractivity contribution in [1.82, 2.24) is 5.32 Å². The standard InChI is InChI=1S/C12H11ClN4O4S/c1-3-21-11(18)7-4-8(13)10(9(5-7)17(19)20)16-12(22-2)15-6-14/h4-5H,3H2,1-2H3,(H,15,16). The number of halogens is 1. The first-order valence-corrected chi connectivity index (χ1v) is 7.47. The summed E-state index contributed by atoms with van der Waals surface area (Å²) in [7, 11) is 0. The zero-order chi connectivity index (χ0) is 16.7. The largest absolute Gasteiger partial charge is 0.462 e. The minimum absolute atomic E-state index is 0.0450. The van der Waals surface area contributed by atoms with Crippen LogP contribution in [0.15, 0.2) is 17.1 Å². The topological polar surface area (TPSA) is 118 Å². The molecular weight excluding hydrogens is 332 g/mol. The number of rotatable bonds is 4. The first-order valence-electron chi connectivity index (χ1n) is 5.87.